The molecule has 2 nitrogen and oxygen atoms in total. The third-order valence-electron chi connectivity index (χ3n) is 4.60. The molecular weight excluding hydrogens is 303 g/mol. The fourth-order valence-corrected chi connectivity index (χ4v) is 3.45. The first kappa shape index (κ1) is 15.0. The second-order valence-corrected chi connectivity index (χ2v) is 6.62. The van der Waals surface area contributed by atoms with Crippen molar-refractivity contribution in [1.82, 2.24) is 4.57 Å². The molecule has 1 N–H and O–H groups in total. The van der Waals surface area contributed by atoms with E-state index < -0.39 is 0 Å². The van der Waals surface area contributed by atoms with E-state index in [0.29, 0.717) is 0 Å². The Morgan fingerprint density at radius 2 is 2.10 bits per heavy atom. The summed E-state index contributed by atoms with van der Waals surface area (Å²) in [6.07, 6.45) is 8.70. The van der Waals surface area contributed by atoms with Crippen LogP contribution >= 0.6 is 11.6 Å². The van der Waals surface area contributed by atoms with Crippen LogP contribution in [0.5, 0.6) is 0 Å². The molecule has 1 unspecified atom stereocenters. The molecule has 2 aliphatic rings. The van der Waals surface area contributed by atoms with Crippen LogP contribution in [0.3, 0.4) is 0 Å². The number of hydrogen-bond donors (Lipinski definition) is 1. The van der Waals surface area contributed by atoms with Gasteiger partial charge in [0.2, 0.25) is 0 Å². The molecule has 4 heteroatoms. The van der Waals surface area contributed by atoms with E-state index in [1.165, 1.54) is 55.5 Å². The molecule has 1 aromatic heterocycles. The fourth-order valence-electron chi connectivity index (χ4n) is 3.27. The van der Waals surface area contributed by atoms with Gasteiger partial charge in [0, 0.05) is 34.6 Å². The van der Waals surface area contributed by atoms with Crippen LogP contribution in [0.25, 0.3) is 16.6 Å². The monoisotopic (exact) mass is 322 g/mol. The highest BCUT2D eigenvalue weighted by atomic mass is 35.5. The van der Waals surface area contributed by atoms with Crippen LogP contribution in [0.1, 0.15) is 19.3 Å². The van der Waals surface area contributed by atoms with Crippen LogP contribution in [-0.2, 0) is 0 Å². The second kappa shape index (κ2) is 6.04. The molecule has 2 aromatic rings. The Morgan fingerprint density at radius 1 is 1.24 bits per heavy atom. The molecule has 1 aliphatic heterocycles. The van der Waals surface area contributed by atoms with Gasteiger partial charge in [-0.15, -0.1) is 0 Å². The number of quaternary nitrogens is 1. The van der Waals surface area contributed by atoms with E-state index in [0.717, 1.165) is 10.9 Å². The van der Waals surface area contributed by atoms with Gasteiger partial charge in [-0.05, 0) is 43.2 Å². The van der Waals surface area contributed by atoms with Crippen molar-refractivity contribution in [2.75, 3.05) is 19.6 Å². The molecular formula is C17H20Cl2N2. The minimum absolute atomic E-state index is 0. The van der Waals surface area contributed by atoms with Crippen LogP contribution < -0.4 is 17.3 Å². The summed E-state index contributed by atoms with van der Waals surface area (Å²) in [5.41, 5.74) is 2.72. The predicted molar refractivity (Wildman–Crippen MR) is 84.1 cm³/mol. The van der Waals surface area contributed by atoms with Crippen LogP contribution in [-0.4, -0.2) is 24.2 Å². The third kappa shape index (κ3) is 3.13. The van der Waals surface area contributed by atoms with Crippen LogP contribution in [0.15, 0.2) is 36.5 Å². The van der Waals surface area contributed by atoms with Crippen molar-refractivity contribution in [1.29, 1.82) is 0 Å². The number of hydrogen-bond acceptors (Lipinski definition) is 0. The normalized spacial score (nSPS) is 22.0. The lowest BCUT2D eigenvalue weighted by molar-refractivity contribution is -0.896. The lowest BCUT2D eigenvalue weighted by Crippen LogP contribution is -3.12. The summed E-state index contributed by atoms with van der Waals surface area (Å²) in [6.45, 7) is 3.83. The molecule has 0 saturated heterocycles. The largest absolute Gasteiger partial charge is 1.00 e. The van der Waals surface area contributed by atoms with Crippen LogP contribution in [0, 0.1) is 5.92 Å². The van der Waals surface area contributed by atoms with Crippen molar-refractivity contribution in [3.8, 4) is 0 Å². The van der Waals surface area contributed by atoms with Crippen LogP contribution in [0.4, 0.5) is 0 Å². The predicted octanol–water partition coefficient (Wildman–Crippen LogP) is -0.162. The first-order valence-corrected chi connectivity index (χ1v) is 7.97. The van der Waals surface area contributed by atoms with Gasteiger partial charge in [-0.2, -0.15) is 0 Å². The number of fused-ring (bicyclic) bond motifs is 1. The van der Waals surface area contributed by atoms with Crippen molar-refractivity contribution in [3.63, 3.8) is 0 Å². The number of halogens is 2. The average molecular weight is 323 g/mol. The Hall–Kier alpha value is -0.960. The second-order valence-electron chi connectivity index (χ2n) is 6.19. The van der Waals surface area contributed by atoms with E-state index in [2.05, 4.69) is 29.0 Å². The molecule has 4 rings (SSSR count). The van der Waals surface area contributed by atoms with Gasteiger partial charge in [-0.25, -0.2) is 0 Å². The molecule has 0 amide bonds. The molecule has 0 bridgehead atoms. The molecule has 1 fully saturated rings. The van der Waals surface area contributed by atoms with Gasteiger partial charge in [0.25, 0.3) is 0 Å². The summed E-state index contributed by atoms with van der Waals surface area (Å²) in [7, 11) is 0. The molecule has 2 heterocycles. The summed E-state index contributed by atoms with van der Waals surface area (Å²) in [4.78, 5) is 1.76. The summed E-state index contributed by atoms with van der Waals surface area (Å²) in [6, 6.07) is 8.31. The third-order valence-corrected chi connectivity index (χ3v) is 4.83. The molecule has 0 spiro atoms. The van der Waals surface area contributed by atoms with Crippen molar-refractivity contribution in [2.24, 2.45) is 5.92 Å². The van der Waals surface area contributed by atoms with E-state index >= 15 is 0 Å². The van der Waals surface area contributed by atoms with Crippen molar-refractivity contribution in [2.45, 2.75) is 19.3 Å². The van der Waals surface area contributed by atoms with E-state index in [4.69, 9.17) is 11.6 Å². The number of rotatable bonds is 3. The maximum absolute atomic E-state index is 6.06. The van der Waals surface area contributed by atoms with Crippen molar-refractivity contribution >= 4 is 28.2 Å². The average Bonchev–Trinajstić information content (AvgIpc) is 3.17. The highest BCUT2D eigenvalue weighted by Gasteiger charge is 2.28. The molecule has 0 radical (unpaired) electrons. The fraction of sp³-hybridized carbons (Fsp3) is 0.412. The first-order chi connectivity index (χ1) is 9.79. The Labute approximate surface area is 136 Å². The van der Waals surface area contributed by atoms with E-state index in [1.54, 1.807) is 4.90 Å². The van der Waals surface area contributed by atoms with Gasteiger partial charge in [0.05, 0.1) is 25.2 Å². The van der Waals surface area contributed by atoms with Gasteiger partial charge < -0.3 is 21.9 Å². The molecule has 1 atom stereocenters. The number of aromatic nitrogens is 1. The van der Waals surface area contributed by atoms with E-state index in [-0.39, 0.29) is 12.4 Å². The Balaban J connectivity index is 0.00000132. The van der Waals surface area contributed by atoms with Crippen molar-refractivity contribution in [3.05, 3.63) is 41.6 Å². The lowest BCUT2D eigenvalue weighted by Gasteiger charge is -2.24. The highest BCUT2D eigenvalue weighted by molar-refractivity contribution is 6.31. The Morgan fingerprint density at radius 3 is 2.81 bits per heavy atom. The molecule has 1 aromatic carbocycles. The smallest absolute Gasteiger partial charge is 0.0978 e. The molecule has 1 aliphatic carbocycles. The minimum Gasteiger partial charge on any atom is -1.00 e. The zero-order valence-corrected chi connectivity index (χ0v) is 13.5. The summed E-state index contributed by atoms with van der Waals surface area (Å²) >= 11 is 6.06. The number of benzene rings is 1. The molecule has 1 saturated carbocycles. The van der Waals surface area contributed by atoms with Crippen LogP contribution in [0.2, 0.25) is 5.02 Å². The maximum atomic E-state index is 6.06. The Bertz CT molecular complexity index is 670. The van der Waals surface area contributed by atoms with Gasteiger partial charge >= 0.3 is 0 Å². The standard InChI is InChI=1S/C17H19ClN2.ClH/c18-15-3-4-17-14(11-15)5-10-20(17)16-6-8-19(9-7-16)12-13-1-2-13;/h3-6,10-11,13H,1-2,7-9,12H2;1H. The van der Waals surface area contributed by atoms with E-state index in [9.17, 15) is 0 Å². The highest BCUT2D eigenvalue weighted by Crippen LogP contribution is 2.27. The zero-order valence-electron chi connectivity index (χ0n) is 12.0. The van der Waals surface area contributed by atoms with Crippen molar-refractivity contribution < 1.29 is 17.3 Å². The zero-order chi connectivity index (χ0) is 13.5. The molecule has 21 heavy (non-hydrogen) atoms. The Kier molecular flexibility index (Phi) is 4.30. The summed E-state index contributed by atoms with van der Waals surface area (Å²) in [5.74, 6) is 1.02. The minimum atomic E-state index is 0. The number of nitrogens with zero attached hydrogens (tertiary/aromatic N) is 1. The van der Waals surface area contributed by atoms with Gasteiger partial charge in [0.1, 0.15) is 0 Å². The maximum Gasteiger partial charge on any atom is 0.0978 e. The molecule has 112 valence electrons. The van der Waals surface area contributed by atoms with Gasteiger partial charge in [-0.3, -0.25) is 0 Å². The lowest BCUT2D eigenvalue weighted by atomic mass is 10.1. The number of nitrogens with one attached hydrogen (secondary N) is 1. The van der Waals surface area contributed by atoms with Gasteiger partial charge in [-0.1, -0.05) is 11.6 Å². The summed E-state index contributed by atoms with van der Waals surface area (Å²) in [5, 5.41) is 2.04. The van der Waals surface area contributed by atoms with Gasteiger partial charge in [0.15, 0.2) is 0 Å². The summed E-state index contributed by atoms with van der Waals surface area (Å²) < 4.78 is 2.33. The quantitative estimate of drug-likeness (QED) is 0.804. The first-order valence-electron chi connectivity index (χ1n) is 7.59. The topological polar surface area (TPSA) is 9.37 Å². The SMILES string of the molecule is Clc1ccc2c(ccn2C2=CC[NH+](CC3CC3)CC2)c1.[Cl-]. The van der Waals surface area contributed by atoms with E-state index in [1.807, 2.05) is 12.1 Å².